The average Bonchev–Trinajstić information content (AvgIpc) is 3.43. The predicted molar refractivity (Wildman–Crippen MR) is 119 cm³/mol. The van der Waals surface area contributed by atoms with Crippen LogP contribution in [0.4, 0.5) is 0 Å². The van der Waals surface area contributed by atoms with Gasteiger partial charge in [0.15, 0.2) is 10.8 Å². The Kier molecular flexibility index (Phi) is 5.29. The molecule has 0 N–H and O–H groups in total. The number of aromatic nitrogens is 6. The summed E-state index contributed by atoms with van der Waals surface area (Å²) >= 11 is 1.51. The Morgan fingerprint density at radius 2 is 2.03 bits per heavy atom. The standard InChI is InChI=1S/C22H23N7OS/c1-14-26-27-22(31-14)19-4-3-15-11-23-17(9-20(15)25-19)10-21(30)16-12-24-29(13-16)18-5-7-28(2)8-6-18/h3-4,9,11-13,18H,5-8,10H2,1-2H3. The van der Waals surface area contributed by atoms with Gasteiger partial charge < -0.3 is 4.90 Å². The van der Waals surface area contributed by atoms with Gasteiger partial charge in [-0.25, -0.2) is 4.98 Å². The lowest BCUT2D eigenvalue weighted by Crippen LogP contribution is -2.31. The molecule has 0 aliphatic carbocycles. The summed E-state index contributed by atoms with van der Waals surface area (Å²) in [5.41, 5.74) is 2.90. The smallest absolute Gasteiger partial charge is 0.171 e. The van der Waals surface area contributed by atoms with Gasteiger partial charge in [0.25, 0.3) is 0 Å². The van der Waals surface area contributed by atoms with E-state index < -0.39 is 0 Å². The summed E-state index contributed by atoms with van der Waals surface area (Å²) in [5, 5.41) is 15.3. The fraction of sp³-hybridized carbons (Fsp3) is 0.364. The number of carbonyl (C=O) groups excluding carboxylic acids is 1. The van der Waals surface area contributed by atoms with Gasteiger partial charge in [0.05, 0.1) is 35.4 Å². The van der Waals surface area contributed by atoms with Crippen LogP contribution in [0.2, 0.25) is 0 Å². The van der Waals surface area contributed by atoms with Crippen molar-refractivity contribution in [2.75, 3.05) is 20.1 Å². The van der Waals surface area contributed by atoms with Gasteiger partial charge in [-0.05, 0) is 58.1 Å². The molecule has 1 aliphatic heterocycles. The van der Waals surface area contributed by atoms with E-state index in [0.29, 0.717) is 17.3 Å². The summed E-state index contributed by atoms with van der Waals surface area (Å²) in [6, 6.07) is 6.14. The molecule has 0 atom stereocenters. The first kappa shape index (κ1) is 19.9. The van der Waals surface area contributed by atoms with E-state index in [4.69, 9.17) is 4.98 Å². The molecule has 9 heteroatoms. The Morgan fingerprint density at radius 1 is 1.19 bits per heavy atom. The van der Waals surface area contributed by atoms with Gasteiger partial charge in [-0.3, -0.25) is 14.5 Å². The third kappa shape index (κ3) is 4.24. The van der Waals surface area contributed by atoms with Crippen LogP contribution >= 0.6 is 11.3 Å². The van der Waals surface area contributed by atoms with Crippen LogP contribution in [0.5, 0.6) is 0 Å². The van der Waals surface area contributed by atoms with Gasteiger partial charge in [0.1, 0.15) is 10.7 Å². The number of fused-ring (bicyclic) bond motifs is 1. The molecule has 1 fully saturated rings. The van der Waals surface area contributed by atoms with E-state index in [9.17, 15) is 4.79 Å². The second-order valence-electron chi connectivity index (χ2n) is 8.03. The normalized spacial score (nSPS) is 15.5. The Balaban J connectivity index is 1.33. The molecule has 4 aromatic heterocycles. The summed E-state index contributed by atoms with van der Waals surface area (Å²) in [7, 11) is 2.14. The monoisotopic (exact) mass is 433 g/mol. The molecule has 8 nitrogen and oxygen atoms in total. The van der Waals surface area contributed by atoms with Gasteiger partial charge in [-0.15, -0.1) is 10.2 Å². The number of aryl methyl sites for hydroxylation is 1. The highest BCUT2D eigenvalue weighted by Crippen LogP contribution is 2.24. The summed E-state index contributed by atoms with van der Waals surface area (Å²) in [6.45, 7) is 4.03. The predicted octanol–water partition coefficient (Wildman–Crippen LogP) is 3.35. The van der Waals surface area contributed by atoms with Crippen LogP contribution in [-0.2, 0) is 6.42 Å². The molecule has 1 saturated heterocycles. The minimum atomic E-state index is 0.0157. The number of piperidine rings is 1. The maximum absolute atomic E-state index is 12.9. The van der Waals surface area contributed by atoms with Crippen LogP contribution in [0.25, 0.3) is 21.6 Å². The molecule has 1 aliphatic rings. The number of ketones is 1. The van der Waals surface area contributed by atoms with Crippen molar-refractivity contribution >= 4 is 28.0 Å². The molecule has 158 valence electrons. The second-order valence-corrected chi connectivity index (χ2v) is 9.22. The topological polar surface area (TPSA) is 89.7 Å². The SMILES string of the molecule is Cc1nnc(-c2ccc3cnc(CC(=O)c4cnn(C5CCN(C)CC5)c4)cc3n2)s1. The number of rotatable bonds is 5. The Morgan fingerprint density at radius 3 is 2.81 bits per heavy atom. The zero-order valence-corrected chi connectivity index (χ0v) is 18.3. The van der Waals surface area contributed by atoms with E-state index in [1.54, 1.807) is 12.4 Å². The number of hydrogen-bond donors (Lipinski definition) is 0. The second kappa shape index (κ2) is 8.24. The van der Waals surface area contributed by atoms with Crippen molar-refractivity contribution in [3.05, 3.63) is 53.1 Å². The number of likely N-dealkylation sites (tertiary alicyclic amines) is 1. The largest absolute Gasteiger partial charge is 0.306 e. The summed E-state index contributed by atoms with van der Waals surface area (Å²) < 4.78 is 1.95. The molecule has 31 heavy (non-hydrogen) atoms. The quantitative estimate of drug-likeness (QED) is 0.446. The molecule has 0 amide bonds. The number of pyridine rings is 2. The number of nitrogens with zero attached hydrogens (tertiary/aromatic N) is 7. The van der Waals surface area contributed by atoms with Crippen molar-refractivity contribution in [2.24, 2.45) is 0 Å². The van der Waals surface area contributed by atoms with Crippen molar-refractivity contribution in [1.82, 2.24) is 34.8 Å². The Labute approximate surface area is 184 Å². The zero-order valence-electron chi connectivity index (χ0n) is 17.5. The fourth-order valence-corrected chi connectivity index (χ4v) is 4.54. The average molecular weight is 434 g/mol. The van der Waals surface area contributed by atoms with Crippen molar-refractivity contribution < 1.29 is 4.79 Å². The highest BCUT2D eigenvalue weighted by Gasteiger charge is 2.20. The molecule has 4 aromatic rings. The Hall–Kier alpha value is -3.04. The van der Waals surface area contributed by atoms with E-state index in [0.717, 1.165) is 52.5 Å². The highest BCUT2D eigenvalue weighted by atomic mass is 32.1. The van der Waals surface area contributed by atoms with Gasteiger partial charge in [-0.1, -0.05) is 11.3 Å². The third-order valence-electron chi connectivity index (χ3n) is 5.70. The molecule has 0 saturated carbocycles. The molecule has 5 heterocycles. The van der Waals surface area contributed by atoms with Crippen molar-refractivity contribution in [1.29, 1.82) is 0 Å². The first-order valence-electron chi connectivity index (χ1n) is 10.4. The minimum absolute atomic E-state index is 0.0157. The zero-order chi connectivity index (χ0) is 21.4. The first-order valence-corrected chi connectivity index (χ1v) is 11.2. The third-order valence-corrected chi connectivity index (χ3v) is 6.56. The number of Topliss-reactive ketones (excluding diaryl/α,β-unsaturated/α-hetero) is 1. The molecule has 0 radical (unpaired) electrons. The van der Waals surface area contributed by atoms with E-state index in [1.165, 1.54) is 11.3 Å². The molecule has 5 rings (SSSR count). The van der Waals surface area contributed by atoms with E-state index in [2.05, 4.69) is 32.2 Å². The van der Waals surface area contributed by atoms with Gasteiger partial charge in [0, 0.05) is 17.8 Å². The Bertz CT molecular complexity index is 1240. The van der Waals surface area contributed by atoms with Gasteiger partial charge in [0.2, 0.25) is 0 Å². The van der Waals surface area contributed by atoms with Crippen LogP contribution in [-0.4, -0.2) is 60.8 Å². The maximum atomic E-state index is 12.9. The summed E-state index contributed by atoms with van der Waals surface area (Å²) in [4.78, 5) is 24.3. The van der Waals surface area contributed by atoms with Crippen LogP contribution in [0.1, 0.15) is 39.9 Å². The summed E-state index contributed by atoms with van der Waals surface area (Å²) in [6.07, 6.45) is 7.66. The molecule has 0 spiro atoms. The summed E-state index contributed by atoms with van der Waals surface area (Å²) in [5.74, 6) is 0.0157. The number of carbonyl (C=O) groups is 1. The number of hydrogen-bond acceptors (Lipinski definition) is 8. The van der Waals surface area contributed by atoms with Crippen LogP contribution in [0.3, 0.4) is 0 Å². The van der Waals surface area contributed by atoms with Crippen molar-refractivity contribution in [3.63, 3.8) is 0 Å². The lowest BCUT2D eigenvalue weighted by Gasteiger charge is -2.28. The highest BCUT2D eigenvalue weighted by molar-refractivity contribution is 7.14. The van der Waals surface area contributed by atoms with Crippen molar-refractivity contribution in [2.45, 2.75) is 32.2 Å². The first-order chi connectivity index (χ1) is 15.0. The maximum Gasteiger partial charge on any atom is 0.171 e. The molecular weight excluding hydrogens is 410 g/mol. The lowest BCUT2D eigenvalue weighted by molar-refractivity contribution is 0.0991. The molecule has 0 bridgehead atoms. The van der Waals surface area contributed by atoms with Gasteiger partial charge >= 0.3 is 0 Å². The van der Waals surface area contributed by atoms with Gasteiger partial charge in [-0.2, -0.15) is 5.10 Å². The van der Waals surface area contributed by atoms with E-state index >= 15 is 0 Å². The van der Waals surface area contributed by atoms with E-state index in [1.807, 2.05) is 36.0 Å². The molecule has 0 unspecified atom stereocenters. The van der Waals surface area contributed by atoms with Crippen LogP contribution in [0, 0.1) is 6.92 Å². The fourth-order valence-electron chi connectivity index (χ4n) is 3.88. The van der Waals surface area contributed by atoms with Crippen LogP contribution < -0.4 is 0 Å². The lowest BCUT2D eigenvalue weighted by atomic mass is 10.1. The van der Waals surface area contributed by atoms with E-state index in [-0.39, 0.29) is 12.2 Å². The molecule has 0 aromatic carbocycles. The molecular formula is C22H23N7OS. The minimum Gasteiger partial charge on any atom is -0.306 e. The van der Waals surface area contributed by atoms with Crippen LogP contribution in [0.15, 0.2) is 36.8 Å². The van der Waals surface area contributed by atoms with Crippen molar-refractivity contribution in [3.8, 4) is 10.7 Å².